The average molecular weight is 315 g/mol. The molecule has 0 saturated heterocycles. The summed E-state index contributed by atoms with van der Waals surface area (Å²) < 4.78 is 0. The van der Waals surface area contributed by atoms with E-state index in [0.717, 1.165) is 4.88 Å². The maximum Gasteiger partial charge on any atom is 0.271 e. The van der Waals surface area contributed by atoms with E-state index in [9.17, 15) is 9.59 Å². The Hall–Kier alpha value is -2.47. The van der Waals surface area contributed by atoms with E-state index in [1.54, 1.807) is 30.5 Å². The zero-order valence-electron chi connectivity index (χ0n) is 12.4. The van der Waals surface area contributed by atoms with Crippen molar-refractivity contribution < 1.29 is 9.59 Å². The lowest BCUT2D eigenvalue weighted by molar-refractivity contribution is -0.118. The smallest absolute Gasteiger partial charge is 0.271 e. The van der Waals surface area contributed by atoms with Crippen LogP contribution in [0, 0.1) is 5.92 Å². The molecule has 2 rings (SSSR count). The van der Waals surface area contributed by atoms with Crippen LogP contribution in [0.1, 0.15) is 29.1 Å². The van der Waals surface area contributed by atoms with Crippen molar-refractivity contribution in [2.24, 2.45) is 11.0 Å². The van der Waals surface area contributed by atoms with Gasteiger partial charge in [-0.2, -0.15) is 5.10 Å². The summed E-state index contributed by atoms with van der Waals surface area (Å²) in [5, 5.41) is 8.61. The largest absolute Gasteiger partial charge is 0.326 e. The second-order valence-electron chi connectivity index (χ2n) is 4.94. The number of hydrazone groups is 1. The zero-order valence-corrected chi connectivity index (χ0v) is 13.2. The monoisotopic (exact) mass is 315 g/mol. The minimum absolute atomic E-state index is 0.0576. The van der Waals surface area contributed by atoms with Crippen LogP contribution in [0.4, 0.5) is 5.69 Å². The Bertz CT molecular complexity index is 661. The van der Waals surface area contributed by atoms with Crippen LogP contribution in [-0.2, 0) is 4.79 Å². The van der Waals surface area contributed by atoms with E-state index in [-0.39, 0.29) is 17.7 Å². The number of rotatable bonds is 5. The van der Waals surface area contributed by atoms with E-state index in [1.165, 1.54) is 11.3 Å². The van der Waals surface area contributed by atoms with Gasteiger partial charge in [0.25, 0.3) is 5.91 Å². The molecule has 0 fully saturated rings. The molecule has 0 unspecified atom stereocenters. The Kier molecular flexibility index (Phi) is 5.43. The quantitative estimate of drug-likeness (QED) is 0.657. The Labute approximate surface area is 133 Å². The first kappa shape index (κ1) is 15.9. The molecule has 2 N–H and O–H groups in total. The topological polar surface area (TPSA) is 70.6 Å². The molecule has 0 aliphatic heterocycles. The Morgan fingerprint density at radius 3 is 2.50 bits per heavy atom. The summed E-state index contributed by atoms with van der Waals surface area (Å²) in [4.78, 5) is 24.4. The van der Waals surface area contributed by atoms with Gasteiger partial charge in [0.05, 0.1) is 6.21 Å². The summed E-state index contributed by atoms with van der Waals surface area (Å²) >= 11 is 1.54. The van der Waals surface area contributed by atoms with Crippen molar-refractivity contribution in [2.45, 2.75) is 13.8 Å². The maximum absolute atomic E-state index is 11.9. The van der Waals surface area contributed by atoms with Crippen LogP contribution in [0.2, 0.25) is 0 Å². The normalized spacial score (nSPS) is 10.9. The number of thiophene rings is 1. The molecule has 114 valence electrons. The van der Waals surface area contributed by atoms with Crippen molar-refractivity contribution in [1.29, 1.82) is 0 Å². The lowest BCUT2D eigenvalue weighted by atomic mass is 10.1. The summed E-state index contributed by atoms with van der Waals surface area (Å²) in [6.07, 6.45) is 1.60. The van der Waals surface area contributed by atoms with Gasteiger partial charge in [0.1, 0.15) is 0 Å². The van der Waals surface area contributed by atoms with Crippen LogP contribution < -0.4 is 10.7 Å². The SMILES string of the molecule is CC(C)C(=O)Nc1ccc(C(=O)N/N=C/c2cccs2)cc1. The molecule has 0 spiro atoms. The molecule has 0 aliphatic carbocycles. The van der Waals surface area contributed by atoms with Crippen LogP contribution in [0.15, 0.2) is 46.9 Å². The number of carbonyl (C=O) groups excluding carboxylic acids is 2. The molecule has 0 saturated carbocycles. The van der Waals surface area contributed by atoms with Gasteiger partial charge in [0.15, 0.2) is 0 Å². The zero-order chi connectivity index (χ0) is 15.9. The van der Waals surface area contributed by atoms with E-state index >= 15 is 0 Å². The molecule has 0 atom stereocenters. The first-order chi connectivity index (χ1) is 10.6. The Morgan fingerprint density at radius 2 is 1.91 bits per heavy atom. The Balaban J connectivity index is 1.92. The van der Waals surface area contributed by atoms with E-state index < -0.39 is 0 Å². The van der Waals surface area contributed by atoms with E-state index in [2.05, 4.69) is 15.8 Å². The summed E-state index contributed by atoms with van der Waals surface area (Å²) in [6, 6.07) is 10.5. The molecule has 1 heterocycles. The average Bonchev–Trinajstić information content (AvgIpc) is 3.01. The van der Waals surface area contributed by atoms with Gasteiger partial charge in [0.2, 0.25) is 5.91 Å². The first-order valence-corrected chi connectivity index (χ1v) is 7.72. The number of anilines is 1. The van der Waals surface area contributed by atoms with Gasteiger partial charge in [-0.15, -0.1) is 11.3 Å². The molecular formula is C16H17N3O2S. The third-order valence-electron chi connectivity index (χ3n) is 2.84. The van der Waals surface area contributed by atoms with E-state index in [4.69, 9.17) is 0 Å². The van der Waals surface area contributed by atoms with Crippen LogP contribution in [0.25, 0.3) is 0 Å². The molecule has 1 aromatic heterocycles. The fourth-order valence-electron chi connectivity index (χ4n) is 1.58. The number of nitrogens with one attached hydrogen (secondary N) is 2. The number of benzene rings is 1. The molecule has 1 aromatic carbocycles. The summed E-state index contributed by atoms with van der Waals surface area (Å²) in [5.74, 6) is -0.443. The van der Waals surface area contributed by atoms with Gasteiger partial charge in [-0.1, -0.05) is 19.9 Å². The van der Waals surface area contributed by atoms with Gasteiger partial charge >= 0.3 is 0 Å². The van der Waals surface area contributed by atoms with Crippen molar-refractivity contribution in [3.05, 3.63) is 52.2 Å². The second kappa shape index (κ2) is 7.51. The molecule has 22 heavy (non-hydrogen) atoms. The van der Waals surface area contributed by atoms with E-state index in [0.29, 0.717) is 11.3 Å². The van der Waals surface area contributed by atoms with Crippen molar-refractivity contribution >= 4 is 35.1 Å². The highest BCUT2D eigenvalue weighted by Gasteiger charge is 2.08. The van der Waals surface area contributed by atoms with Crippen LogP contribution >= 0.6 is 11.3 Å². The number of hydrogen-bond acceptors (Lipinski definition) is 4. The minimum atomic E-state index is -0.297. The standard InChI is InChI=1S/C16H17N3O2S/c1-11(2)15(20)18-13-7-5-12(6-8-13)16(21)19-17-10-14-4-3-9-22-14/h3-11H,1-2H3,(H,18,20)(H,19,21)/b17-10+. The van der Waals surface area contributed by atoms with Gasteiger partial charge < -0.3 is 5.32 Å². The van der Waals surface area contributed by atoms with Crippen molar-refractivity contribution in [1.82, 2.24) is 5.43 Å². The van der Waals surface area contributed by atoms with E-state index in [1.807, 2.05) is 31.4 Å². The summed E-state index contributed by atoms with van der Waals surface area (Å²) in [6.45, 7) is 3.64. The van der Waals surface area contributed by atoms with Crippen molar-refractivity contribution in [3.8, 4) is 0 Å². The molecule has 0 aliphatic rings. The molecule has 0 bridgehead atoms. The highest BCUT2D eigenvalue weighted by atomic mass is 32.1. The molecule has 2 amide bonds. The first-order valence-electron chi connectivity index (χ1n) is 6.84. The molecule has 5 nitrogen and oxygen atoms in total. The van der Waals surface area contributed by atoms with Gasteiger partial charge in [-0.25, -0.2) is 5.43 Å². The van der Waals surface area contributed by atoms with Gasteiger partial charge in [-0.05, 0) is 35.7 Å². The summed E-state index contributed by atoms with van der Waals surface area (Å²) in [5.41, 5.74) is 3.61. The minimum Gasteiger partial charge on any atom is -0.326 e. The van der Waals surface area contributed by atoms with Crippen molar-refractivity contribution in [3.63, 3.8) is 0 Å². The third kappa shape index (κ3) is 4.53. The maximum atomic E-state index is 11.9. The fourth-order valence-corrected chi connectivity index (χ4v) is 2.16. The highest BCUT2D eigenvalue weighted by Crippen LogP contribution is 2.11. The van der Waals surface area contributed by atoms with Gasteiger partial charge in [-0.3, -0.25) is 9.59 Å². The second-order valence-corrected chi connectivity index (χ2v) is 5.92. The molecule has 0 radical (unpaired) electrons. The highest BCUT2D eigenvalue weighted by molar-refractivity contribution is 7.11. The van der Waals surface area contributed by atoms with Crippen LogP contribution in [-0.4, -0.2) is 18.0 Å². The number of amides is 2. The number of carbonyl (C=O) groups is 2. The Morgan fingerprint density at radius 1 is 1.18 bits per heavy atom. The summed E-state index contributed by atoms with van der Waals surface area (Å²) in [7, 11) is 0. The predicted octanol–water partition coefficient (Wildman–Crippen LogP) is 3.11. The lowest BCUT2D eigenvalue weighted by Gasteiger charge is -2.08. The van der Waals surface area contributed by atoms with Gasteiger partial charge in [0, 0.05) is 22.0 Å². The van der Waals surface area contributed by atoms with Crippen LogP contribution in [0.5, 0.6) is 0 Å². The van der Waals surface area contributed by atoms with Crippen LogP contribution in [0.3, 0.4) is 0 Å². The molecule has 2 aromatic rings. The third-order valence-corrected chi connectivity index (χ3v) is 3.65. The fraction of sp³-hybridized carbons (Fsp3) is 0.188. The number of hydrogen-bond donors (Lipinski definition) is 2. The molecule has 6 heteroatoms. The lowest BCUT2D eigenvalue weighted by Crippen LogP contribution is -2.19. The predicted molar refractivity (Wildman–Crippen MR) is 89.3 cm³/mol. The van der Waals surface area contributed by atoms with Crippen molar-refractivity contribution in [2.75, 3.05) is 5.32 Å². The number of nitrogens with zero attached hydrogens (tertiary/aromatic N) is 1. The molecular weight excluding hydrogens is 298 g/mol.